The number of benzene rings is 1. The predicted octanol–water partition coefficient (Wildman–Crippen LogP) is 3.03. The Morgan fingerprint density at radius 1 is 1.18 bits per heavy atom. The average Bonchev–Trinajstić information content (AvgIpc) is 3.32. The van der Waals surface area contributed by atoms with Gasteiger partial charge >= 0.3 is 0 Å². The standard InChI is InChI=1S/C21H22N4O3/c1-13-16-10-15(12-22-20(16)24(2)23-13)21(26)25-7-3-4-17(25)14-5-6-18-19(11-14)28-9-8-27-18/h5-6,10-12,17H,3-4,7-9H2,1-2H3. The molecule has 7 heteroatoms. The van der Waals surface area contributed by atoms with Crippen LogP contribution in [0, 0.1) is 6.92 Å². The summed E-state index contributed by atoms with van der Waals surface area (Å²) in [6.45, 7) is 3.80. The topological polar surface area (TPSA) is 69.5 Å². The highest BCUT2D eigenvalue weighted by Crippen LogP contribution is 2.38. The number of aromatic nitrogens is 3. The molecule has 1 fully saturated rings. The molecule has 0 N–H and O–H groups in total. The molecule has 1 amide bonds. The van der Waals surface area contributed by atoms with Gasteiger partial charge in [-0.1, -0.05) is 6.07 Å². The molecule has 0 bridgehead atoms. The van der Waals surface area contributed by atoms with E-state index in [1.54, 1.807) is 10.9 Å². The van der Waals surface area contributed by atoms with Gasteiger partial charge < -0.3 is 14.4 Å². The van der Waals surface area contributed by atoms with Crippen LogP contribution in [0.4, 0.5) is 0 Å². The first-order valence-electron chi connectivity index (χ1n) is 9.61. The zero-order valence-corrected chi connectivity index (χ0v) is 16.0. The molecule has 1 saturated heterocycles. The average molecular weight is 378 g/mol. The van der Waals surface area contributed by atoms with Crippen molar-refractivity contribution in [3.8, 4) is 11.5 Å². The number of nitrogens with zero attached hydrogens (tertiary/aromatic N) is 4. The van der Waals surface area contributed by atoms with Crippen LogP contribution in [-0.2, 0) is 7.05 Å². The van der Waals surface area contributed by atoms with Crippen molar-refractivity contribution in [2.24, 2.45) is 7.05 Å². The first-order chi connectivity index (χ1) is 13.6. The van der Waals surface area contributed by atoms with Crippen LogP contribution in [0.15, 0.2) is 30.5 Å². The molecule has 28 heavy (non-hydrogen) atoms. The van der Waals surface area contributed by atoms with Crippen LogP contribution in [0.5, 0.6) is 11.5 Å². The molecule has 0 spiro atoms. The Labute approximate surface area is 162 Å². The molecule has 1 unspecified atom stereocenters. The Morgan fingerprint density at radius 2 is 2.00 bits per heavy atom. The predicted molar refractivity (Wildman–Crippen MR) is 104 cm³/mol. The molecular weight excluding hydrogens is 356 g/mol. The number of carbonyl (C=O) groups excluding carboxylic acids is 1. The highest BCUT2D eigenvalue weighted by Gasteiger charge is 2.32. The lowest BCUT2D eigenvalue weighted by molar-refractivity contribution is 0.0735. The Balaban J connectivity index is 1.46. The maximum atomic E-state index is 13.3. The second kappa shape index (κ2) is 6.51. The number of pyridine rings is 1. The molecule has 1 aromatic carbocycles. The van der Waals surface area contributed by atoms with Crippen molar-refractivity contribution < 1.29 is 14.3 Å². The van der Waals surface area contributed by atoms with Crippen LogP contribution in [-0.4, -0.2) is 45.3 Å². The van der Waals surface area contributed by atoms with Gasteiger partial charge in [0, 0.05) is 25.2 Å². The third-order valence-electron chi connectivity index (χ3n) is 5.57. The highest BCUT2D eigenvalue weighted by molar-refractivity contribution is 5.97. The van der Waals surface area contributed by atoms with Gasteiger partial charge in [-0.15, -0.1) is 0 Å². The van der Waals surface area contributed by atoms with Gasteiger partial charge in [-0.25, -0.2) is 4.98 Å². The van der Waals surface area contributed by atoms with Crippen molar-refractivity contribution in [2.75, 3.05) is 19.8 Å². The van der Waals surface area contributed by atoms with E-state index in [4.69, 9.17) is 9.47 Å². The number of amides is 1. The summed E-state index contributed by atoms with van der Waals surface area (Å²) in [6, 6.07) is 7.94. The van der Waals surface area contributed by atoms with Gasteiger partial charge in [-0.2, -0.15) is 5.10 Å². The minimum atomic E-state index is 0.00930. The van der Waals surface area contributed by atoms with Crippen molar-refractivity contribution in [3.63, 3.8) is 0 Å². The maximum Gasteiger partial charge on any atom is 0.255 e. The fraction of sp³-hybridized carbons (Fsp3) is 0.381. The summed E-state index contributed by atoms with van der Waals surface area (Å²) in [5.74, 6) is 1.54. The molecular formula is C21H22N4O3. The summed E-state index contributed by atoms with van der Waals surface area (Å²) in [5, 5.41) is 5.31. The maximum absolute atomic E-state index is 13.3. The molecule has 2 aliphatic rings. The lowest BCUT2D eigenvalue weighted by Gasteiger charge is -2.26. The quantitative estimate of drug-likeness (QED) is 0.686. The third-order valence-corrected chi connectivity index (χ3v) is 5.57. The molecule has 3 aromatic rings. The number of carbonyl (C=O) groups is 1. The van der Waals surface area contributed by atoms with E-state index in [1.165, 1.54) is 0 Å². The van der Waals surface area contributed by atoms with Gasteiger partial charge in [0.2, 0.25) is 0 Å². The first-order valence-corrected chi connectivity index (χ1v) is 9.61. The van der Waals surface area contributed by atoms with Crippen LogP contribution in [0.1, 0.15) is 40.5 Å². The highest BCUT2D eigenvalue weighted by atomic mass is 16.6. The molecule has 5 rings (SSSR count). The number of likely N-dealkylation sites (tertiary alicyclic amines) is 1. The van der Waals surface area contributed by atoms with E-state index in [9.17, 15) is 4.79 Å². The van der Waals surface area contributed by atoms with E-state index in [2.05, 4.69) is 10.1 Å². The van der Waals surface area contributed by atoms with E-state index in [0.29, 0.717) is 18.8 Å². The SMILES string of the molecule is Cc1nn(C)c2ncc(C(=O)N3CCCC3c3ccc4c(c3)OCCO4)cc12. The number of fused-ring (bicyclic) bond motifs is 2. The molecule has 0 saturated carbocycles. The Hall–Kier alpha value is -3.09. The largest absolute Gasteiger partial charge is 0.486 e. The van der Waals surface area contributed by atoms with Crippen LogP contribution in [0.3, 0.4) is 0 Å². The van der Waals surface area contributed by atoms with E-state index in [-0.39, 0.29) is 11.9 Å². The fourth-order valence-electron chi connectivity index (χ4n) is 4.21. The third kappa shape index (κ3) is 2.69. The van der Waals surface area contributed by atoms with Crippen molar-refractivity contribution in [1.29, 1.82) is 0 Å². The van der Waals surface area contributed by atoms with Crippen molar-refractivity contribution in [2.45, 2.75) is 25.8 Å². The zero-order chi connectivity index (χ0) is 19.3. The van der Waals surface area contributed by atoms with Crippen LogP contribution < -0.4 is 9.47 Å². The van der Waals surface area contributed by atoms with Gasteiger partial charge in [0.05, 0.1) is 17.3 Å². The molecule has 0 aliphatic carbocycles. The van der Waals surface area contributed by atoms with E-state index in [1.807, 2.05) is 43.1 Å². The van der Waals surface area contributed by atoms with Gasteiger partial charge in [0.15, 0.2) is 17.1 Å². The smallest absolute Gasteiger partial charge is 0.255 e. The summed E-state index contributed by atoms with van der Waals surface area (Å²) in [4.78, 5) is 19.7. The fourth-order valence-corrected chi connectivity index (χ4v) is 4.21. The number of ether oxygens (including phenoxy) is 2. The van der Waals surface area contributed by atoms with E-state index < -0.39 is 0 Å². The summed E-state index contributed by atoms with van der Waals surface area (Å²) >= 11 is 0. The van der Waals surface area contributed by atoms with Crippen LogP contribution in [0.25, 0.3) is 11.0 Å². The normalized spacial score (nSPS) is 18.6. The van der Waals surface area contributed by atoms with E-state index >= 15 is 0 Å². The van der Waals surface area contributed by atoms with Gasteiger partial charge in [-0.3, -0.25) is 9.48 Å². The lowest BCUT2D eigenvalue weighted by Crippen LogP contribution is -2.30. The molecule has 7 nitrogen and oxygen atoms in total. The molecule has 144 valence electrons. The number of hydrogen-bond acceptors (Lipinski definition) is 5. The zero-order valence-electron chi connectivity index (χ0n) is 16.0. The van der Waals surface area contributed by atoms with Crippen LogP contribution in [0.2, 0.25) is 0 Å². The van der Waals surface area contributed by atoms with Gasteiger partial charge in [0.25, 0.3) is 5.91 Å². The summed E-state index contributed by atoms with van der Waals surface area (Å²) in [7, 11) is 1.86. The summed E-state index contributed by atoms with van der Waals surface area (Å²) < 4.78 is 13.1. The van der Waals surface area contributed by atoms with Crippen LogP contribution >= 0.6 is 0 Å². The first kappa shape index (κ1) is 17.0. The minimum Gasteiger partial charge on any atom is -0.486 e. The van der Waals surface area contributed by atoms with Crippen molar-refractivity contribution >= 4 is 16.9 Å². The number of rotatable bonds is 2. The van der Waals surface area contributed by atoms with Gasteiger partial charge in [-0.05, 0) is 43.5 Å². The molecule has 4 heterocycles. The van der Waals surface area contributed by atoms with Crippen molar-refractivity contribution in [3.05, 3.63) is 47.3 Å². The lowest BCUT2D eigenvalue weighted by atomic mass is 10.0. The number of hydrogen-bond donors (Lipinski definition) is 0. The Kier molecular flexibility index (Phi) is 3.96. The van der Waals surface area contributed by atoms with E-state index in [0.717, 1.165) is 53.2 Å². The molecule has 2 aliphatic heterocycles. The van der Waals surface area contributed by atoms with Crippen molar-refractivity contribution in [1.82, 2.24) is 19.7 Å². The monoisotopic (exact) mass is 378 g/mol. The molecule has 1 atom stereocenters. The Bertz CT molecular complexity index is 1070. The summed E-state index contributed by atoms with van der Waals surface area (Å²) in [5.41, 5.74) is 3.36. The molecule has 0 radical (unpaired) electrons. The summed E-state index contributed by atoms with van der Waals surface area (Å²) in [6.07, 6.45) is 3.57. The Morgan fingerprint density at radius 3 is 2.86 bits per heavy atom. The van der Waals surface area contributed by atoms with Gasteiger partial charge in [0.1, 0.15) is 13.2 Å². The number of aryl methyl sites for hydroxylation is 2. The second-order valence-electron chi connectivity index (χ2n) is 7.36. The molecule has 2 aromatic heterocycles. The minimum absolute atomic E-state index is 0.00930. The second-order valence-corrected chi connectivity index (χ2v) is 7.36.